The van der Waals surface area contributed by atoms with E-state index in [4.69, 9.17) is 0 Å². The molecule has 3 atom stereocenters. The summed E-state index contributed by atoms with van der Waals surface area (Å²) < 4.78 is 13.5. The van der Waals surface area contributed by atoms with E-state index in [0.717, 1.165) is 25.7 Å². The minimum absolute atomic E-state index is 0.00336. The van der Waals surface area contributed by atoms with Gasteiger partial charge in [0.15, 0.2) is 0 Å². The zero-order valence-electron chi connectivity index (χ0n) is 12.3. The third-order valence-corrected chi connectivity index (χ3v) is 4.36. The average Bonchev–Trinajstić information content (AvgIpc) is 2.50. The van der Waals surface area contributed by atoms with Crippen LogP contribution in [0.3, 0.4) is 0 Å². The molecule has 22 heavy (non-hydrogen) atoms. The summed E-state index contributed by atoms with van der Waals surface area (Å²) in [6, 6.07) is 5.85. The van der Waals surface area contributed by atoms with Crippen LogP contribution in [0.25, 0.3) is 0 Å². The first-order valence-electron chi connectivity index (χ1n) is 7.74. The Morgan fingerprint density at radius 2 is 1.95 bits per heavy atom. The number of nitrogens with one attached hydrogen (secondary N) is 3. The van der Waals surface area contributed by atoms with Crippen LogP contribution in [0.2, 0.25) is 0 Å². The Bertz CT molecular complexity index is 578. The molecule has 3 N–H and O–H groups in total. The van der Waals surface area contributed by atoms with Gasteiger partial charge >= 0.3 is 0 Å². The molecule has 1 aliphatic carbocycles. The molecule has 1 aromatic carbocycles. The molecule has 2 aliphatic rings. The van der Waals surface area contributed by atoms with Crippen LogP contribution in [0.4, 0.5) is 10.1 Å². The van der Waals surface area contributed by atoms with Crippen LogP contribution in [0.1, 0.15) is 32.1 Å². The Balaban J connectivity index is 1.59. The number of anilines is 1. The molecule has 5 nitrogen and oxygen atoms in total. The second-order valence-corrected chi connectivity index (χ2v) is 5.96. The highest BCUT2D eigenvalue weighted by atomic mass is 19.1. The molecule has 6 heteroatoms. The van der Waals surface area contributed by atoms with Crippen molar-refractivity contribution in [1.82, 2.24) is 10.6 Å². The Kier molecular flexibility index (Phi) is 4.38. The fourth-order valence-electron chi connectivity index (χ4n) is 3.22. The van der Waals surface area contributed by atoms with E-state index in [0.29, 0.717) is 0 Å². The maximum atomic E-state index is 13.5. The van der Waals surface area contributed by atoms with Gasteiger partial charge in [-0.1, -0.05) is 25.0 Å². The summed E-state index contributed by atoms with van der Waals surface area (Å²) in [5.74, 6) is -0.997. The van der Waals surface area contributed by atoms with E-state index < -0.39 is 11.9 Å². The number of rotatable bonds is 3. The van der Waals surface area contributed by atoms with Crippen molar-refractivity contribution in [3.05, 3.63) is 30.1 Å². The van der Waals surface area contributed by atoms with Gasteiger partial charge in [-0.3, -0.25) is 9.59 Å². The predicted molar refractivity (Wildman–Crippen MR) is 80.8 cm³/mol. The molecule has 2 fully saturated rings. The van der Waals surface area contributed by atoms with Crippen LogP contribution in [-0.2, 0) is 9.59 Å². The third kappa shape index (κ3) is 3.27. The standard InChI is InChI=1S/C16H20FN3O2/c17-10-5-1-2-6-11(10)19-15(21)9-14-16(22)20-13-8-4-3-7-12(13)18-14/h1-2,5-6,12-14,18H,3-4,7-9H2,(H,19,21)(H,20,22)/t12-,13+,14-/m0/s1. The molecule has 1 saturated heterocycles. The highest BCUT2D eigenvalue weighted by Crippen LogP contribution is 2.22. The smallest absolute Gasteiger partial charge is 0.237 e. The second-order valence-electron chi connectivity index (χ2n) is 5.96. The number of halogens is 1. The number of fused-ring (bicyclic) bond motifs is 1. The SMILES string of the molecule is O=C(C[C@@H]1N[C@H]2CCCC[C@H]2NC1=O)Nc1ccccc1F. The van der Waals surface area contributed by atoms with Crippen LogP contribution < -0.4 is 16.0 Å². The summed E-state index contributed by atoms with van der Waals surface area (Å²) in [5.41, 5.74) is 0.138. The molecule has 0 aromatic heterocycles. The van der Waals surface area contributed by atoms with Gasteiger partial charge in [0.05, 0.1) is 18.2 Å². The fourth-order valence-corrected chi connectivity index (χ4v) is 3.22. The molecule has 1 heterocycles. The lowest BCUT2D eigenvalue weighted by Gasteiger charge is -2.40. The Hall–Kier alpha value is -1.95. The van der Waals surface area contributed by atoms with Crippen LogP contribution in [0, 0.1) is 5.82 Å². The van der Waals surface area contributed by atoms with Gasteiger partial charge in [0.25, 0.3) is 0 Å². The van der Waals surface area contributed by atoms with Crippen molar-refractivity contribution < 1.29 is 14.0 Å². The van der Waals surface area contributed by atoms with Crippen molar-refractivity contribution in [3.63, 3.8) is 0 Å². The fraction of sp³-hybridized carbons (Fsp3) is 0.500. The first kappa shape index (κ1) is 15.0. The average molecular weight is 305 g/mol. The summed E-state index contributed by atoms with van der Waals surface area (Å²) in [6.45, 7) is 0. The molecule has 1 aliphatic heterocycles. The number of carbonyl (C=O) groups is 2. The van der Waals surface area contributed by atoms with Crippen molar-refractivity contribution in [3.8, 4) is 0 Å². The van der Waals surface area contributed by atoms with Crippen molar-refractivity contribution in [2.24, 2.45) is 0 Å². The van der Waals surface area contributed by atoms with Crippen LogP contribution in [0.15, 0.2) is 24.3 Å². The molecule has 0 unspecified atom stereocenters. The van der Waals surface area contributed by atoms with Gasteiger partial charge in [-0.25, -0.2) is 4.39 Å². The van der Waals surface area contributed by atoms with Crippen molar-refractivity contribution in [2.75, 3.05) is 5.32 Å². The highest BCUT2D eigenvalue weighted by Gasteiger charge is 2.36. The summed E-state index contributed by atoms with van der Waals surface area (Å²) >= 11 is 0. The molecular formula is C16H20FN3O2. The molecular weight excluding hydrogens is 285 g/mol. The van der Waals surface area contributed by atoms with Crippen molar-refractivity contribution in [2.45, 2.75) is 50.2 Å². The molecule has 118 valence electrons. The number of piperazine rings is 1. The lowest BCUT2D eigenvalue weighted by Crippen LogP contribution is -2.65. The number of amides is 2. The largest absolute Gasteiger partial charge is 0.350 e. The molecule has 1 aromatic rings. The number of hydrogen-bond donors (Lipinski definition) is 3. The van der Waals surface area contributed by atoms with E-state index in [2.05, 4.69) is 16.0 Å². The van der Waals surface area contributed by atoms with Crippen LogP contribution >= 0.6 is 0 Å². The lowest BCUT2D eigenvalue weighted by atomic mass is 9.87. The summed E-state index contributed by atoms with van der Waals surface area (Å²) in [5, 5.41) is 8.78. The maximum absolute atomic E-state index is 13.5. The zero-order chi connectivity index (χ0) is 15.5. The van der Waals surface area contributed by atoms with Gasteiger partial charge in [0.2, 0.25) is 11.8 Å². The quantitative estimate of drug-likeness (QED) is 0.793. The highest BCUT2D eigenvalue weighted by molar-refractivity contribution is 5.95. The first-order valence-corrected chi connectivity index (χ1v) is 7.74. The number of carbonyl (C=O) groups excluding carboxylic acids is 2. The van der Waals surface area contributed by atoms with Gasteiger partial charge in [0, 0.05) is 12.1 Å². The zero-order valence-corrected chi connectivity index (χ0v) is 12.3. The molecule has 2 amide bonds. The van der Waals surface area contributed by atoms with Gasteiger partial charge < -0.3 is 16.0 Å². The Morgan fingerprint density at radius 1 is 1.23 bits per heavy atom. The second kappa shape index (κ2) is 6.44. The first-order chi connectivity index (χ1) is 10.6. The van der Waals surface area contributed by atoms with Gasteiger partial charge in [-0.05, 0) is 25.0 Å². The third-order valence-electron chi connectivity index (χ3n) is 4.36. The Morgan fingerprint density at radius 3 is 2.73 bits per heavy atom. The normalized spacial score (nSPS) is 27.7. The van der Waals surface area contributed by atoms with Gasteiger partial charge in [-0.15, -0.1) is 0 Å². The molecule has 0 bridgehead atoms. The van der Waals surface area contributed by atoms with Crippen LogP contribution in [-0.4, -0.2) is 29.9 Å². The maximum Gasteiger partial charge on any atom is 0.237 e. The van der Waals surface area contributed by atoms with E-state index in [1.807, 2.05) is 0 Å². The molecule has 0 spiro atoms. The van der Waals surface area contributed by atoms with E-state index in [-0.39, 0.29) is 36.0 Å². The lowest BCUT2D eigenvalue weighted by molar-refractivity contribution is -0.129. The van der Waals surface area contributed by atoms with Crippen molar-refractivity contribution in [1.29, 1.82) is 0 Å². The van der Waals surface area contributed by atoms with E-state index in [1.54, 1.807) is 12.1 Å². The topological polar surface area (TPSA) is 70.2 Å². The van der Waals surface area contributed by atoms with Gasteiger partial charge in [0.1, 0.15) is 5.82 Å². The number of benzene rings is 1. The van der Waals surface area contributed by atoms with Crippen LogP contribution in [0.5, 0.6) is 0 Å². The number of para-hydroxylation sites is 1. The van der Waals surface area contributed by atoms with E-state index >= 15 is 0 Å². The minimum Gasteiger partial charge on any atom is -0.350 e. The minimum atomic E-state index is -0.550. The predicted octanol–water partition coefficient (Wildman–Crippen LogP) is 1.55. The summed E-state index contributed by atoms with van der Waals surface area (Å²) in [6.07, 6.45) is 4.26. The van der Waals surface area contributed by atoms with E-state index in [9.17, 15) is 14.0 Å². The molecule has 1 saturated carbocycles. The van der Waals surface area contributed by atoms with Crippen molar-refractivity contribution >= 4 is 17.5 Å². The summed E-state index contributed by atoms with van der Waals surface area (Å²) in [7, 11) is 0. The Labute approximate surface area is 128 Å². The summed E-state index contributed by atoms with van der Waals surface area (Å²) in [4.78, 5) is 24.1. The van der Waals surface area contributed by atoms with Gasteiger partial charge in [-0.2, -0.15) is 0 Å². The molecule has 3 rings (SSSR count). The monoisotopic (exact) mass is 305 g/mol. The van der Waals surface area contributed by atoms with E-state index in [1.165, 1.54) is 12.1 Å². The number of hydrogen-bond acceptors (Lipinski definition) is 3. The molecule has 0 radical (unpaired) electrons.